The molecule has 7 unspecified atom stereocenters. The summed E-state index contributed by atoms with van der Waals surface area (Å²) in [5.41, 5.74) is 0.212. The number of carbonyl (C=O) groups excluding carboxylic acids is 1. The number of carbonyl (C=O) groups is 1. The predicted octanol–water partition coefficient (Wildman–Crippen LogP) is 5.50. The third-order valence-electron chi connectivity index (χ3n) is 12.9. The monoisotopic (exact) mass is 490 g/mol. The zero-order valence-electron chi connectivity index (χ0n) is 22.8. The second-order valence-electron chi connectivity index (χ2n) is 15.0. The largest absolute Gasteiger partial charge is 0.457 e. The third kappa shape index (κ3) is 3.19. The molecule has 0 aromatic carbocycles. The molecule has 2 spiro atoms. The molecule has 0 aromatic heterocycles. The first-order valence-corrected chi connectivity index (χ1v) is 14.5. The van der Waals surface area contributed by atoms with Crippen LogP contribution in [0.3, 0.4) is 0 Å². The average molecular weight is 491 g/mol. The standard InChI is InChI=1S/C30H48O5.H2/c1-17(31)34-25(27(4,5)33)21-9-7-19-22(35-21)15-20-18-8-10-23-26(2,3)24(32)11-12-30(23)16-29(18,30)14-13-28(19,20)6;/h18-25,32-33H,7-16H2,1-6H3;1H/t18?,19?,20?,21?,22?,23?,24-,25-,28+,29?,30+;/m0./s1. The van der Waals surface area contributed by atoms with Crippen molar-refractivity contribution in [2.45, 2.75) is 136 Å². The van der Waals surface area contributed by atoms with Crippen LogP contribution in [-0.2, 0) is 14.3 Å². The van der Waals surface area contributed by atoms with Gasteiger partial charge in [0.1, 0.15) is 0 Å². The number of rotatable bonds is 3. The first-order chi connectivity index (χ1) is 16.3. The van der Waals surface area contributed by atoms with E-state index in [1.807, 2.05) is 0 Å². The molecule has 35 heavy (non-hydrogen) atoms. The van der Waals surface area contributed by atoms with Crippen LogP contribution in [0.5, 0.6) is 0 Å². The molecule has 5 aliphatic carbocycles. The molecule has 1 saturated heterocycles. The molecule has 0 aromatic rings. The Morgan fingerprint density at radius 3 is 2.40 bits per heavy atom. The van der Waals surface area contributed by atoms with Crippen LogP contribution < -0.4 is 0 Å². The van der Waals surface area contributed by atoms with E-state index in [1.165, 1.54) is 45.4 Å². The van der Waals surface area contributed by atoms with Crippen molar-refractivity contribution in [3.8, 4) is 0 Å². The number of aliphatic hydroxyl groups excluding tert-OH is 1. The van der Waals surface area contributed by atoms with E-state index in [0.717, 1.165) is 31.6 Å². The smallest absolute Gasteiger partial charge is 0.303 e. The van der Waals surface area contributed by atoms with Crippen molar-refractivity contribution < 1.29 is 25.9 Å². The molecule has 5 saturated carbocycles. The van der Waals surface area contributed by atoms with Crippen LogP contribution in [0.25, 0.3) is 0 Å². The van der Waals surface area contributed by atoms with E-state index in [9.17, 15) is 15.0 Å². The lowest BCUT2D eigenvalue weighted by molar-refractivity contribution is -0.200. The summed E-state index contributed by atoms with van der Waals surface area (Å²) in [4.78, 5) is 11.8. The van der Waals surface area contributed by atoms with Crippen LogP contribution >= 0.6 is 0 Å². The molecule has 0 amide bonds. The van der Waals surface area contributed by atoms with Crippen molar-refractivity contribution in [3.05, 3.63) is 0 Å². The Balaban J connectivity index is 0.00000267. The summed E-state index contributed by atoms with van der Waals surface area (Å²) in [5, 5.41) is 21.6. The van der Waals surface area contributed by atoms with Crippen molar-refractivity contribution in [1.82, 2.24) is 0 Å². The fraction of sp³-hybridized carbons (Fsp3) is 0.967. The van der Waals surface area contributed by atoms with Crippen molar-refractivity contribution in [2.24, 2.45) is 45.3 Å². The van der Waals surface area contributed by atoms with E-state index in [4.69, 9.17) is 9.47 Å². The van der Waals surface area contributed by atoms with E-state index in [0.29, 0.717) is 34.0 Å². The molecule has 5 heteroatoms. The van der Waals surface area contributed by atoms with Crippen LogP contribution in [0.2, 0.25) is 0 Å². The van der Waals surface area contributed by atoms with E-state index in [1.54, 1.807) is 13.8 Å². The van der Waals surface area contributed by atoms with Gasteiger partial charge in [0.05, 0.1) is 23.9 Å². The summed E-state index contributed by atoms with van der Waals surface area (Å²) >= 11 is 0. The third-order valence-corrected chi connectivity index (χ3v) is 12.9. The van der Waals surface area contributed by atoms with Crippen LogP contribution in [0.4, 0.5) is 0 Å². The van der Waals surface area contributed by atoms with Gasteiger partial charge in [0.2, 0.25) is 0 Å². The number of ether oxygens (including phenoxy) is 2. The summed E-state index contributed by atoms with van der Waals surface area (Å²) in [6.45, 7) is 12.1. The molecule has 0 radical (unpaired) electrons. The Bertz CT molecular complexity index is 898. The van der Waals surface area contributed by atoms with Gasteiger partial charge in [0.15, 0.2) is 6.10 Å². The second-order valence-corrected chi connectivity index (χ2v) is 15.0. The van der Waals surface area contributed by atoms with Gasteiger partial charge in [0, 0.05) is 8.35 Å². The van der Waals surface area contributed by atoms with Crippen LogP contribution in [0, 0.1) is 45.3 Å². The maximum Gasteiger partial charge on any atom is 0.303 e. The number of hydrogen-bond acceptors (Lipinski definition) is 5. The lowest BCUT2D eigenvalue weighted by Crippen LogP contribution is -2.54. The summed E-state index contributed by atoms with van der Waals surface area (Å²) in [7, 11) is 0. The van der Waals surface area contributed by atoms with E-state index in [-0.39, 0.29) is 31.1 Å². The molecule has 6 rings (SSSR count). The van der Waals surface area contributed by atoms with Gasteiger partial charge in [-0.15, -0.1) is 0 Å². The molecule has 2 N–H and O–H groups in total. The van der Waals surface area contributed by atoms with E-state index in [2.05, 4.69) is 20.8 Å². The van der Waals surface area contributed by atoms with Crippen LogP contribution in [0.15, 0.2) is 0 Å². The van der Waals surface area contributed by atoms with Gasteiger partial charge < -0.3 is 19.7 Å². The Hall–Kier alpha value is -0.650. The fourth-order valence-corrected chi connectivity index (χ4v) is 11.3. The summed E-state index contributed by atoms with van der Waals surface area (Å²) in [6, 6.07) is 0. The Morgan fingerprint density at radius 2 is 1.71 bits per heavy atom. The lowest BCUT2D eigenvalue weighted by atomic mass is 9.46. The van der Waals surface area contributed by atoms with Gasteiger partial charge in [-0.2, -0.15) is 0 Å². The molecule has 1 heterocycles. The summed E-state index contributed by atoms with van der Waals surface area (Å²) < 4.78 is 12.4. The van der Waals surface area contributed by atoms with Gasteiger partial charge in [-0.3, -0.25) is 4.79 Å². The zero-order valence-corrected chi connectivity index (χ0v) is 22.8. The van der Waals surface area contributed by atoms with Gasteiger partial charge in [-0.05, 0) is 123 Å². The zero-order chi connectivity index (χ0) is 25.2. The molecule has 5 nitrogen and oxygen atoms in total. The van der Waals surface area contributed by atoms with E-state index >= 15 is 0 Å². The first-order valence-electron chi connectivity index (χ1n) is 14.5. The van der Waals surface area contributed by atoms with Gasteiger partial charge in [-0.25, -0.2) is 0 Å². The Kier molecular flexibility index (Phi) is 5.27. The lowest BCUT2D eigenvalue weighted by Gasteiger charge is -2.59. The topological polar surface area (TPSA) is 76.0 Å². The minimum absolute atomic E-state index is 0. The minimum Gasteiger partial charge on any atom is -0.457 e. The number of hydrogen-bond donors (Lipinski definition) is 2. The molecule has 1 aliphatic heterocycles. The van der Waals surface area contributed by atoms with Gasteiger partial charge in [0.25, 0.3) is 0 Å². The molecule has 6 aliphatic rings. The highest BCUT2D eigenvalue weighted by atomic mass is 16.6. The predicted molar refractivity (Wildman–Crippen MR) is 136 cm³/mol. The molecular weight excluding hydrogens is 440 g/mol. The highest BCUT2D eigenvalue weighted by Crippen LogP contribution is 2.87. The van der Waals surface area contributed by atoms with Crippen molar-refractivity contribution in [2.75, 3.05) is 0 Å². The maximum absolute atomic E-state index is 11.8. The van der Waals surface area contributed by atoms with Crippen molar-refractivity contribution >= 4 is 5.97 Å². The minimum atomic E-state index is -1.13. The fourth-order valence-electron chi connectivity index (χ4n) is 11.3. The molecule has 6 fully saturated rings. The number of esters is 1. The quantitative estimate of drug-likeness (QED) is 0.511. The van der Waals surface area contributed by atoms with Crippen LogP contribution in [-0.4, -0.2) is 46.2 Å². The van der Waals surface area contributed by atoms with Crippen LogP contribution in [0.1, 0.15) is 107 Å². The highest BCUT2D eigenvalue weighted by molar-refractivity contribution is 5.66. The molecule has 200 valence electrons. The number of aliphatic hydroxyl groups is 2. The summed E-state index contributed by atoms with van der Waals surface area (Å²) in [6.07, 6.45) is 11.1. The van der Waals surface area contributed by atoms with Gasteiger partial charge >= 0.3 is 5.97 Å². The van der Waals surface area contributed by atoms with Crippen molar-refractivity contribution in [3.63, 3.8) is 0 Å². The first kappa shape index (κ1) is 24.7. The number of fused-ring (bicyclic) bond motifs is 4. The average Bonchev–Trinajstić information content (AvgIpc) is 3.34. The van der Waals surface area contributed by atoms with Gasteiger partial charge in [-0.1, -0.05) is 20.8 Å². The summed E-state index contributed by atoms with van der Waals surface area (Å²) in [5.74, 6) is 2.37. The van der Waals surface area contributed by atoms with E-state index < -0.39 is 11.7 Å². The Morgan fingerprint density at radius 1 is 1.00 bits per heavy atom. The normalized spacial score (nSPS) is 52.7. The van der Waals surface area contributed by atoms with Crippen molar-refractivity contribution in [1.29, 1.82) is 0 Å². The maximum atomic E-state index is 11.8. The molecular formula is C30H50O5. The molecule has 11 atom stereocenters. The highest BCUT2D eigenvalue weighted by Gasteiger charge is 2.80. The second kappa shape index (κ2) is 7.47. The Labute approximate surface area is 213 Å². The molecule has 0 bridgehead atoms. The SMILES string of the molecule is CC(=O)O[C@@H](C1CCC2C(CC3C4CCC5C(C)(C)[C@@H](O)CC[C@@]56CC46CC[C@]23C)O1)C(C)(C)O.[HH].